The fourth-order valence-corrected chi connectivity index (χ4v) is 3.94. The number of benzene rings is 2. The van der Waals surface area contributed by atoms with Crippen LogP contribution in [0, 0.1) is 0 Å². The van der Waals surface area contributed by atoms with Gasteiger partial charge in [-0.3, -0.25) is 0 Å². The summed E-state index contributed by atoms with van der Waals surface area (Å²) in [6, 6.07) is 12.2. The number of halogens is 1. The van der Waals surface area contributed by atoms with Crippen molar-refractivity contribution in [2.24, 2.45) is 0 Å². The molecule has 0 amide bonds. The Balaban J connectivity index is 1.80. The maximum atomic E-state index is 5.72. The summed E-state index contributed by atoms with van der Waals surface area (Å²) < 4.78 is 19.6. The summed E-state index contributed by atoms with van der Waals surface area (Å²) in [5, 5.41) is 7.92. The third-order valence-corrected chi connectivity index (χ3v) is 5.53. The number of anilines is 1. The summed E-state index contributed by atoms with van der Waals surface area (Å²) in [4.78, 5) is 4.39. The minimum absolute atomic E-state index is 0.0675. The lowest BCUT2D eigenvalue weighted by Crippen LogP contribution is -2.28. The van der Waals surface area contributed by atoms with Crippen LogP contribution < -0.4 is 19.5 Å². The van der Waals surface area contributed by atoms with Crippen LogP contribution in [0.25, 0.3) is 0 Å². The van der Waals surface area contributed by atoms with Crippen molar-refractivity contribution in [3.63, 3.8) is 0 Å². The SMILES string of the molecule is COc1ccc([C@H]2C[C@@H](c3ccc(Br)cc3)Nc3ncnn32)c(OC)c1OC. The average molecular weight is 445 g/mol. The van der Waals surface area contributed by atoms with Gasteiger partial charge in [-0.1, -0.05) is 28.1 Å². The van der Waals surface area contributed by atoms with Crippen LogP contribution in [0.3, 0.4) is 0 Å². The van der Waals surface area contributed by atoms with Gasteiger partial charge < -0.3 is 19.5 Å². The second-order valence-corrected chi connectivity index (χ2v) is 7.37. The molecule has 8 heteroatoms. The van der Waals surface area contributed by atoms with E-state index in [0.717, 1.165) is 22.4 Å². The van der Waals surface area contributed by atoms with Gasteiger partial charge in [0.25, 0.3) is 0 Å². The predicted molar refractivity (Wildman–Crippen MR) is 109 cm³/mol. The molecule has 28 heavy (non-hydrogen) atoms. The van der Waals surface area contributed by atoms with Gasteiger partial charge in [0, 0.05) is 10.0 Å². The number of hydrogen-bond acceptors (Lipinski definition) is 6. The fourth-order valence-electron chi connectivity index (χ4n) is 3.68. The largest absolute Gasteiger partial charge is 0.493 e. The van der Waals surface area contributed by atoms with Crippen molar-refractivity contribution in [1.82, 2.24) is 14.8 Å². The normalized spacial score (nSPS) is 18.1. The van der Waals surface area contributed by atoms with Gasteiger partial charge in [-0.15, -0.1) is 0 Å². The van der Waals surface area contributed by atoms with Gasteiger partial charge in [0.05, 0.1) is 33.4 Å². The van der Waals surface area contributed by atoms with Crippen molar-refractivity contribution in [1.29, 1.82) is 0 Å². The second kappa shape index (κ2) is 7.71. The molecule has 7 nitrogen and oxygen atoms in total. The van der Waals surface area contributed by atoms with Gasteiger partial charge in [0.1, 0.15) is 6.33 Å². The highest BCUT2D eigenvalue weighted by Crippen LogP contribution is 2.46. The summed E-state index contributed by atoms with van der Waals surface area (Å²) in [6.07, 6.45) is 2.34. The predicted octanol–water partition coefficient (Wildman–Crippen LogP) is 4.21. The summed E-state index contributed by atoms with van der Waals surface area (Å²) >= 11 is 3.50. The van der Waals surface area contributed by atoms with Gasteiger partial charge in [0.15, 0.2) is 11.5 Å². The summed E-state index contributed by atoms with van der Waals surface area (Å²) in [5.74, 6) is 2.56. The van der Waals surface area contributed by atoms with Crippen molar-refractivity contribution in [2.45, 2.75) is 18.5 Å². The first-order chi connectivity index (χ1) is 13.7. The molecule has 2 atom stereocenters. The Bertz CT molecular complexity index is 974. The standard InChI is InChI=1S/C20H21BrN4O3/c1-26-17-9-8-14(18(27-2)19(17)28-3)16-10-15(12-4-6-13(21)7-5-12)24-20-22-11-23-25(16)20/h4-9,11,15-16H,10H2,1-3H3,(H,22,23,24)/t15-,16+/m0/s1. The molecule has 1 aliphatic heterocycles. The van der Waals surface area contributed by atoms with Crippen LogP contribution in [0.15, 0.2) is 47.2 Å². The van der Waals surface area contributed by atoms with E-state index in [9.17, 15) is 0 Å². The zero-order valence-corrected chi connectivity index (χ0v) is 17.4. The van der Waals surface area contributed by atoms with E-state index in [4.69, 9.17) is 14.2 Å². The minimum Gasteiger partial charge on any atom is -0.493 e. The smallest absolute Gasteiger partial charge is 0.222 e. The lowest BCUT2D eigenvalue weighted by molar-refractivity contribution is 0.315. The number of hydrogen-bond donors (Lipinski definition) is 1. The molecule has 0 spiro atoms. The molecule has 146 valence electrons. The first kappa shape index (κ1) is 18.6. The Morgan fingerprint density at radius 1 is 1.00 bits per heavy atom. The molecule has 0 radical (unpaired) electrons. The van der Waals surface area contributed by atoms with E-state index in [1.165, 1.54) is 5.56 Å². The third-order valence-electron chi connectivity index (χ3n) is 5.00. The number of rotatable bonds is 5. The molecular formula is C20H21BrN4O3. The van der Waals surface area contributed by atoms with Gasteiger partial charge in [-0.2, -0.15) is 10.1 Å². The zero-order valence-electron chi connectivity index (χ0n) is 15.8. The van der Waals surface area contributed by atoms with E-state index in [1.807, 2.05) is 28.9 Å². The van der Waals surface area contributed by atoms with E-state index >= 15 is 0 Å². The minimum atomic E-state index is -0.0675. The molecule has 4 rings (SSSR count). The van der Waals surface area contributed by atoms with E-state index in [0.29, 0.717) is 17.2 Å². The van der Waals surface area contributed by atoms with E-state index in [2.05, 4.69) is 43.5 Å². The molecule has 3 aromatic rings. The van der Waals surface area contributed by atoms with Crippen LogP contribution in [0.5, 0.6) is 17.2 Å². The lowest BCUT2D eigenvalue weighted by Gasteiger charge is -2.32. The van der Waals surface area contributed by atoms with E-state index < -0.39 is 0 Å². The monoisotopic (exact) mass is 444 g/mol. The van der Waals surface area contributed by atoms with Crippen LogP contribution >= 0.6 is 15.9 Å². The maximum Gasteiger partial charge on any atom is 0.222 e. The van der Waals surface area contributed by atoms with Crippen molar-refractivity contribution in [2.75, 3.05) is 26.6 Å². The van der Waals surface area contributed by atoms with Gasteiger partial charge in [-0.05, 0) is 36.2 Å². The van der Waals surface area contributed by atoms with Crippen LogP contribution in [-0.4, -0.2) is 36.1 Å². The Morgan fingerprint density at radius 2 is 1.75 bits per heavy atom. The number of aromatic nitrogens is 3. The topological polar surface area (TPSA) is 70.4 Å². The van der Waals surface area contributed by atoms with Gasteiger partial charge in [0.2, 0.25) is 11.7 Å². The highest BCUT2D eigenvalue weighted by Gasteiger charge is 2.33. The summed E-state index contributed by atoms with van der Waals surface area (Å²) in [6.45, 7) is 0. The molecule has 2 heterocycles. The van der Waals surface area contributed by atoms with Crippen molar-refractivity contribution < 1.29 is 14.2 Å². The number of methoxy groups -OCH3 is 3. The average Bonchev–Trinajstić information content (AvgIpc) is 3.21. The van der Waals surface area contributed by atoms with Gasteiger partial charge >= 0.3 is 0 Å². The Hall–Kier alpha value is -2.74. The number of nitrogens with zero attached hydrogens (tertiary/aromatic N) is 3. The number of nitrogens with one attached hydrogen (secondary N) is 1. The molecule has 2 aromatic carbocycles. The molecule has 0 bridgehead atoms. The van der Waals surface area contributed by atoms with Crippen LogP contribution in [0.4, 0.5) is 5.95 Å². The van der Waals surface area contributed by atoms with Crippen LogP contribution in [0.1, 0.15) is 29.6 Å². The first-order valence-corrected chi connectivity index (χ1v) is 9.66. The molecule has 1 aromatic heterocycles. The fraction of sp³-hybridized carbons (Fsp3) is 0.300. The second-order valence-electron chi connectivity index (χ2n) is 6.45. The van der Waals surface area contributed by atoms with Crippen molar-refractivity contribution in [3.8, 4) is 17.2 Å². The third kappa shape index (κ3) is 3.17. The molecule has 0 unspecified atom stereocenters. The Morgan fingerprint density at radius 3 is 2.43 bits per heavy atom. The summed E-state index contributed by atoms with van der Waals surface area (Å²) in [5.41, 5.74) is 2.15. The molecular weight excluding hydrogens is 424 g/mol. The molecule has 0 aliphatic carbocycles. The Labute approximate surface area is 171 Å². The van der Waals surface area contributed by atoms with Crippen molar-refractivity contribution in [3.05, 3.63) is 58.3 Å². The first-order valence-electron chi connectivity index (χ1n) is 8.86. The Kier molecular flexibility index (Phi) is 5.13. The number of fused-ring (bicyclic) bond motifs is 1. The quantitative estimate of drug-likeness (QED) is 0.635. The van der Waals surface area contributed by atoms with Crippen LogP contribution in [0.2, 0.25) is 0 Å². The number of ether oxygens (including phenoxy) is 3. The highest BCUT2D eigenvalue weighted by atomic mass is 79.9. The molecule has 0 fully saturated rings. The zero-order chi connectivity index (χ0) is 19.7. The van der Waals surface area contributed by atoms with E-state index in [1.54, 1.807) is 27.7 Å². The van der Waals surface area contributed by atoms with Crippen molar-refractivity contribution >= 4 is 21.9 Å². The lowest BCUT2D eigenvalue weighted by atomic mass is 9.92. The van der Waals surface area contributed by atoms with E-state index in [-0.39, 0.29) is 12.1 Å². The molecule has 1 aliphatic rings. The van der Waals surface area contributed by atoms with Crippen LogP contribution in [-0.2, 0) is 0 Å². The molecule has 0 saturated carbocycles. The summed E-state index contributed by atoms with van der Waals surface area (Å²) in [7, 11) is 4.86. The highest BCUT2D eigenvalue weighted by molar-refractivity contribution is 9.10. The van der Waals surface area contributed by atoms with Gasteiger partial charge in [-0.25, -0.2) is 4.68 Å². The molecule has 0 saturated heterocycles. The molecule has 1 N–H and O–H groups in total. The maximum absolute atomic E-state index is 5.72.